The van der Waals surface area contributed by atoms with Crippen LogP contribution in [0.1, 0.15) is 40.9 Å². The Balaban J connectivity index is 1.44. The Labute approximate surface area is 123 Å². The third kappa shape index (κ3) is 2.06. The van der Waals surface area contributed by atoms with Gasteiger partial charge in [-0.25, -0.2) is 5.48 Å². The van der Waals surface area contributed by atoms with Crippen molar-refractivity contribution >= 4 is 5.91 Å². The molecule has 2 bridgehead atoms. The lowest BCUT2D eigenvalue weighted by molar-refractivity contribution is -0.148. The first-order valence-corrected chi connectivity index (χ1v) is 7.44. The Bertz CT molecular complexity index is 596. The number of hydroxylamine groups is 1. The molecule has 3 aliphatic carbocycles. The second-order valence-corrected chi connectivity index (χ2v) is 7.12. The van der Waals surface area contributed by atoms with Gasteiger partial charge in [0.1, 0.15) is 0 Å². The molecule has 0 radical (unpaired) electrons. The molecule has 3 fully saturated rings. The molecule has 0 aromatic carbocycles. The van der Waals surface area contributed by atoms with Crippen molar-refractivity contribution in [3.8, 4) is 0 Å². The largest absolute Gasteiger partial charge is 0.325 e. The summed E-state index contributed by atoms with van der Waals surface area (Å²) in [5.41, 5.74) is 11.0. The molecule has 4 N–H and O–H groups in total. The minimum absolute atomic E-state index is 0.165. The molecular weight excluding hydrogens is 268 g/mol. The monoisotopic (exact) mass is 288 g/mol. The van der Waals surface area contributed by atoms with Crippen LogP contribution < -0.4 is 11.2 Å². The predicted molar refractivity (Wildman–Crippen MR) is 75.7 cm³/mol. The SMILES string of the molecule is NC12CC(CN3CCc4cc(C(=O)NO)cnc4C3)(C1)C2. The highest BCUT2D eigenvalue weighted by Crippen LogP contribution is 2.66. The summed E-state index contributed by atoms with van der Waals surface area (Å²) >= 11 is 0. The number of amides is 1. The predicted octanol–water partition coefficient (Wildman–Crippen LogP) is 0.440. The van der Waals surface area contributed by atoms with Crippen molar-refractivity contribution < 1.29 is 10.0 Å². The smallest absolute Gasteiger partial charge is 0.276 e. The van der Waals surface area contributed by atoms with E-state index in [-0.39, 0.29) is 5.54 Å². The first-order chi connectivity index (χ1) is 10.0. The zero-order valence-corrected chi connectivity index (χ0v) is 11.9. The molecule has 21 heavy (non-hydrogen) atoms. The number of nitrogens with one attached hydrogen (secondary N) is 1. The van der Waals surface area contributed by atoms with Crippen molar-refractivity contribution in [3.63, 3.8) is 0 Å². The van der Waals surface area contributed by atoms with Crippen LogP contribution in [0.2, 0.25) is 0 Å². The van der Waals surface area contributed by atoms with Crippen LogP contribution >= 0.6 is 0 Å². The highest BCUT2D eigenvalue weighted by Gasteiger charge is 2.65. The van der Waals surface area contributed by atoms with Gasteiger partial charge < -0.3 is 5.73 Å². The zero-order valence-electron chi connectivity index (χ0n) is 11.9. The summed E-state index contributed by atoms with van der Waals surface area (Å²) in [6, 6.07) is 1.83. The van der Waals surface area contributed by atoms with E-state index in [0.717, 1.165) is 37.3 Å². The maximum Gasteiger partial charge on any atom is 0.276 e. The second kappa shape index (κ2) is 4.25. The maximum atomic E-state index is 11.4. The van der Waals surface area contributed by atoms with Crippen LogP contribution in [0.4, 0.5) is 0 Å². The number of hydrogen-bond acceptors (Lipinski definition) is 5. The van der Waals surface area contributed by atoms with Gasteiger partial charge in [0.2, 0.25) is 0 Å². The average molecular weight is 288 g/mol. The van der Waals surface area contributed by atoms with E-state index in [1.54, 1.807) is 5.48 Å². The number of rotatable bonds is 3. The molecule has 0 saturated heterocycles. The molecule has 6 nitrogen and oxygen atoms in total. The molecule has 3 saturated carbocycles. The van der Waals surface area contributed by atoms with Gasteiger partial charge in [0.15, 0.2) is 0 Å². The van der Waals surface area contributed by atoms with Crippen LogP contribution in [0.5, 0.6) is 0 Å². The minimum atomic E-state index is -0.505. The summed E-state index contributed by atoms with van der Waals surface area (Å²) in [7, 11) is 0. The Hall–Kier alpha value is -1.50. The van der Waals surface area contributed by atoms with E-state index in [9.17, 15) is 4.79 Å². The quantitative estimate of drug-likeness (QED) is 0.554. The summed E-state index contributed by atoms with van der Waals surface area (Å²) in [6.45, 7) is 2.96. The normalized spacial score (nSPS) is 33.6. The molecule has 1 aromatic heterocycles. The fourth-order valence-corrected chi connectivity index (χ4v) is 4.52. The Kier molecular flexibility index (Phi) is 2.67. The summed E-state index contributed by atoms with van der Waals surface area (Å²) in [4.78, 5) is 18.3. The number of carbonyl (C=O) groups is 1. The number of nitrogens with two attached hydrogens (primary N) is 1. The van der Waals surface area contributed by atoms with E-state index in [4.69, 9.17) is 10.9 Å². The number of hydrogen-bond donors (Lipinski definition) is 3. The number of nitrogens with zero attached hydrogens (tertiary/aromatic N) is 2. The van der Waals surface area contributed by atoms with E-state index in [2.05, 4.69) is 9.88 Å². The van der Waals surface area contributed by atoms with Gasteiger partial charge in [-0.1, -0.05) is 0 Å². The fraction of sp³-hybridized carbons (Fsp3) is 0.600. The van der Waals surface area contributed by atoms with E-state index in [1.165, 1.54) is 25.5 Å². The molecule has 0 spiro atoms. The highest BCUT2D eigenvalue weighted by atomic mass is 16.5. The summed E-state index contributed by atoms with van der Waals surface area (Å²) < 4.78 is 0. The van der Waals surface area contributed by atoms with Crippen molar-refractivity contribution in [1.82, 2.24) is 15.4 Å². The lowest BCUT2D eigenvalue weighted by Gasteiger charge is -2.70. The lowest BCUT2D eigenvalue weighted by Crippen LogP contribution is -2.74. The van der Waals surface area contributed by atoms with Gasteiger partial charge in [-0.05, 0) is 42.7 Å². The summed E-state index contributed by atoms with van der Waals surface area (Å²) in [6.07, 6.45) is 5.95. The van der Waals surface area contributed by atoms with Crippen molar-refractivity contribution in [2.45, 2.75) is 37.8 Å². The van der Waals surface area contributed by atoms with Crippen LogP contribution in [-0.4, -0.2) is 39.6 Å². The van der Waals surface area contributed by atoms with Crippen LogP contribution in [0.15, 0.2) is 12.3 Å². The third-order valence-electron chi connectivity index (χ3n) is 5.23. The maximum absolute atomic E-state index is 11.4. The number of aromatic nitrogens is 1. The molecule has 2 heterocycles. The molecule has 0 atom stereocenters. The first-order valence-electron chi connectivity index (χ1n) is 7.44. The first kappa shape index (κ1) is 13.2. The van der Waals surface area contributed by atoms with Crippen LogP contribution in [0.25, 0.3) is 0 Å². The van der Waals surface area contributed by atoms with E-state index in [0.29, 0.717) is 11.0 Å². The van der Waals surface area contributed by atoms with Gasteiger partial charge in [-0.15, -0.1) is 0 Å². The topological polar surface area (TPSA) is 91.5 Å². The van der Waals surface area contributed by atoms with E-state index in [1.807, 2.05) is 6.07 Å². The van der Waals surface area contributed by atoms with Crippen molar-refractivity contribution in [3.05, 3.63) is 29.1 Å². The molecular formula is C15H20N4O2. The highest BCUT2D eigenvalue weighted by molar-refractivity contribution is 5.93. The second-order valence-electron chi connectivity index (χ2n) is 7.12. The fourth-order valence-electron chi connectivity index (χ4n) is 4.52. The Morgan fingerprint density at radius 2 is 2.24 bits per heavy atom. The van der Waals surface area contributed by atoms with E-state index >= 15 is 0 Å². The van der Waals surface area contributed by atoms with Gasteiger partial charge in [-0.2, -0.15) is 0 Å². The standard InChI is InChI=1S/C15H20N4O2/c16-15-6-14(7-15,8-15)9-19-2-1-10-3-11(13(20)18-21)4-17-12(10)5-19/h3-4,21H,1-2,5-9,16H2,(H,18,20). The zero-order chi connectivity index (χ0) is 14.7. The van der Waals surface area contributed by atoms with Gasteiger partial charge in [-0.3, -0.25) is 19.9 Å². The number of fused-ring (bicyclic) bond motifs is 1. The van der Waals surface area contributed by atoms with Crippen LogP contribution in [0.3, 0.4) is 0 Å². The van der Waals surface area contributed by atoms with Crippen LogP contribution in [0, 0.1) is 5.41 Å². The van der Waals surface area contributed by atoms with Gasteiger partial charge in [0.25, 0.3) is 5.91 Å². The number of carbonyl (C=O) groups excluding carboxylic acids is 1. The molecule has 0 unspecified atom stereocenters. The van der Waals surface area contributed by atoms with Gasteiger partial charge in [0, 0.05) is 31.4 Å². The molecule has 1 aromatic rings. The van der Waals surface area contributed by atoms with Crippen molar-refractivity contribution in [1.29, 1.82) is 0 Å². The van der Waals surface area contributed by atoms with Crippen molar-refractivity contribution in [2.24, 2.45) is 11.1 Å². The number of pyridine rings is 1. The Morgan fingerprint density at radius 1 is 1.48 bits per heavy atom. The molecule has 5 rings (SSSR count). The molecule has 6 heteroatoms. The lowest BCUT2D eigenvalue weighted by atomic mass is 9.39. The van der Waals surface area contributed by atoms with Gasteiger partial charge in [0.05, 0.1) is 11.3 Å². The average Bonchev–Trinajstić information content (AvgIpc) is 2.43. The molecule has 4 aliphatic rings. The van der Waals surface area contributed by atoms with Crippen LogP contribution in [-0.2, 0) is 13.0 Å². The third-order valence-corrected chi connectivity index (χ3v) is 5.23. The minimum Gasteiger partial charge on any atom is -0.325 e. The molecule has 1 aliphatic heterocycles. The van der Waals surface area contributed by atoms with E-state index < -0.39 is 5.91 Å². The molecule has 112 valence electrons. The Morgan fingerprint density at radius 3 is 2.90 bits per heavy atom. The molecule has 1 amide bonds. The van der Waals surface area contributed by atoms with Crippen molar-refractivity contribution in [2.75, 3.05) is 13.1 Å². The summed E-state index contributed by atoms with van der Waals surface area (Å²) in [5, 5.41) is 8.68. The van der Waals surface area contributed by atoms with Gasteiger partial charge >= 0.3 is 0 Å². The summed E-state index contributed by atoms with van der Waals surface area (Å²) in [5.74, 6) is -0.505.